The molecule has 1 atom stereocenters. The van der Waals surface area contributed by atoms with Crippen LogP contribution in [0.4, 0.5) is 0 Å². The summed E-state index contributed by atoms with van der Waals surface area (Å²) < 4.78 is 0. The van der Waals surface area contributed by atoms with Crippen molar-refractivity contribution in [3.63, 3.8) is 0 Å². The molecule has 12 heavy (non-hydrogen) atoms. The molecule has 0 fully saturated rings. The SMILES string of the molecule is CC(C)C(=O)[C@H](O)CC(C)(C)C. The maximum absolute atomic E-state index is 11.3. The molecular formula is C10H20O2. The molecule has 0 unspecified atom stereocenters. The van der Waals surface area contributed by atoms with Crippen LogP contribution in [-0.2, 0) is 4.79 Å². The first-order valence-corrected chi connectivity index (χ1v) is 4.46. The molecule has 72 valence electrons. The lowest BCUT2D eigenvalue weighted by Gasteiger charge is -2.22. The van der Waals surface area contributed by atoms with Gasteiger partial charge < -0.3 is 5.11 Å². The Balaban J connectivity index is 4.05. The van der Waals surface area contributed by atoms with E-state index in [1.54, 1.807) is 0 Å². The van der Waals surface area contributed by atoms with Crippen molar-refractivity contribution in [3.05, 3.63) is 0 Å². The van der Waals surface area contributed by atoms with E-state index in [2.05, 4.69) is 0 Å². The third-order valence-corrected chi connectivity index (χ3v) is 1.70. The zero-order valence-corrected chi connectivity index (χ0v) is 8.72. The van der Waals surface area contributed by atoms with E-state index >= 15 is 0 Å². The van der Waals surface area contributed by atoms with Gasteiger partial charge in [0.05, 0.1) is 0 Å². The number of aliphatic hydroxyl groups excluding tert-OH is 1. The number of carbonyl (C=O) groups excluding carboxylic acids is 1. The highest BCUT2D eigenvalue weighted by Gasteiger charge is 2.23. The monoisotopic (exact) mass is 172 g/mol. The van der Waals surface area contributed by atoms with Crippen LogP contribution in [0.25, 0.3) is 0 Å². The molecule has 0 aliphatic carbocycles. The number of rotatable bonds is 3. The zero-order chi connectivity index (χ0) is 9.94. The summed E-state index contributed by atoms with van der Waals surface area (Å²) in [6.07, 6.45) is -0.241. The van der Waals surface area contributed by atoms with E-state index < -0.39 is 6.10 Å². The molecule has 2 heteroatoms. The van der Waals surface area contributed by atoms with E-state index in [0.717, 1.165) is 0 Å². The number of carbonyl (C=O) groups is 1. The van der Waals surface area contributed by atoms with E-state index in [-0.39, 0.29) is 17.1 Å². The van der Waals surface area contributed by atoms with Crippen LogP contribution in [0.1, 0.15) is 41.0 Å². The molecule has 0 aromatic carbocycles. The van der Waals surface area contributed by atoms with Crippen LogP contribution >= 0.6 is 0 Å². The summed E-state index contributed by atoms with van der Waals surface area (Å²) >= 11 is 0. The molecule has 0 heterocycles. The Hall–Kier alpha value is -0.370. The summed E-state index contributed by atoms with van der Waals surface area (Å²) in [4.78, 5) is 11.3. The molecule has 0 bridgehead atoms. The zero-order valence-electron chi connectivity index (χ0n) is 8.72. The Morgan fingerprint density at radius 3 is 2.00 bits per heavy atom. The molecular weight excluding hydrogens is 152 g/mol. The lowest BCUT2D eigenvalue weighted by molar-refractivity contribution is -0.131. The average Bonchev–Trinajstić information content (AvgIpc) is 1.82. The third-order valence-electron chi connectivity index (χ3n) is 1.70. The van der Waals surface area contributed by atoms with E-state index in [9.17, 15) is 9.90 Å². The number of hydrogen-bond donors (Lipinski definition) is 1. The fraction of sp³-hybridized carbons (Fsp3) is 0.900. The molecule has 0 aliphatic rings. The highest BCUT2D eigenvalue weighted by atomic mass is 16.3. The van der Waals surface area contributed by atoms with Crippen molar-refractivity contribution in [1.82, 2.24) is 0 Å². The van der Waals surface area contributed by atoms with Gasteiger partial charge in [-0.25, -0.2) is 0 Å². The van der Waals surface area contributed by atoms with Crippen molar-refractivity contribution in [3.8, 4) is 0 Å². The van der Waals surface area contributed by atoms with Gasteiger partial charge in [0.25, 0.3) is 0 Å². The van der Waals surface area contributed by atoms with Crippen LogP contribution in [0.15, 0.2) is 0 Å². The van der Waals surface area contributed by atoms with Gasteiger partial charge in [-0.2, -0.15) is 0 Å². The fourth-order valence-corrected chi connectivity index (χ4v) is 1.07. The minimum Gasteiger partial charge on any atom is -0.385 e. The van der Waals surface area contributed by atoms with E-state index in [1.807, 2.05) is 34.6 Å². The Labute approximate surface area is 75.0 Å². The van der Waals surface area contributed by atoms with Gasteiger partial charge in [0.2, 0.25) is 0 Å². The molecule has 0 saturated heterocycles. The predicted molar refractivity (Wildman–Crippen MR) is 49.9 cm³/mol. The van der Waals surface area contributed by atoms with Gasteiger partial charge in [0.15, 0.2) is 5.78 Å². The van der Waals surface area contributed by atoms with Gasteiger partial charge in [-0.15, -0.1) is 0 Å². The molecule has 0 spiro atoms. The van der Waals surface area contributed by atoms with E-state index in [4.69, 9.17) is 0 Å². The molecule has 0 aliphatic heterocycles. The first kappa shape index (κ1) is 11.6. The van der Waals surface area contributed by atoms with Crippen LogP contribution in [0.5, 0.6) is 0 Å². The second-order valence-electron chi connectivity index (χ2n) is 4.84. The Bertz CT molecular complexity index is 154. The lowest BCUT2D eigenvalue weighted by Crippen LogP contribution is -2.29. The minimum absolute atomic E-state index is 0.0178. The van der Waals surface area contributed by atoms with Gasteiger partial charge in [-0.05, 0) is 11.8 Å². The quantitative estimate of drug-likeness (QED) is 0.707. The maximum Gasteiger partial charge on any atom is 0.163 e. The highest BCUT2D eigenvalue weighted by molar-refractivity contribution is 5.84. The van der Waals surface area contributed by atoms with Crippen molar-refractivity contribution < 1.29 is 9.90 Å². The predicted octanol–water partition coefficient (Wildman–Crippen LogP) is 2.01. The van der Waals surface area contributed by atoms with Crippen LogP contribution < -0.4 is 0 Å². The topological polar surface area (TPSA) is 37.3 Å². The molecule has 2 nitrogen and oxygen atoms in total. The van der Waals surface area contributed by atoms with E-state index in [1.165, 1.54) is 0 Å². The largest absolute Gasteiger partial charge is 0.385 e. The molecule has 0 amide bonds. The molecule has 1 N–H and O–H groups in total. The summed E-state index contributed by atoms with van der Waals surface area (Å²) in [6, 6.07) is 0. The highest BCUT2D eigenvalue weighted by Crippen LogP contribution is 2.22. The molecule has 0 aromatic rings. The Morgan fingerprint density at radius 2 is 1.75 bits per heavy atom. The molecule has 0 radical (unpaired) electrons. The standard InChI is InChI=1S/C10H20O2/c1-7(2)9(12)8(11)6-10(3,4)5/h7-8,11H,6H2,1-5H3/t8-/m1/s1. The second kappa shape index (κ2) is 4.04. The Kier molecular flexibility index (Phi) is 3.91. The number of Topliss-reactive ketones (excluding diaryl/α,β-unsaturated/α-hetero) is 1. The van der Waals surface area contributed by atoms with Gasteiger partial charge in [-0.3, -0.25) is 4.79 Å². The maximum atomic E-state index is 11.3. The van der Waals surface area contributed by atoms with Crippen LogP contribution in [-0.4, -0.2) is 17.0 Å². The minimum atomic E-state index is -0.787. The van der Waals surface area contributed by atoms with Gasteiger partial charge in [0.1, 0.15) is 6.10 Å². The summed E-state index contributed by atoms with van der Waals surface area (Å²) in [5.74, 6) is -0.118. The summed E-state index contributed by atoms with van der Waals surface area (Å²) in [5.41, 5.74) is 0.0178. The lowest BCUT2D eigenvalue weighted by atomic mass is 9.86. The third kappa shape index (κ3) is 4.50. The van der Waals surface area contributed by atoms with Gasteiger partial charge in [0, 0.05) is 5.92 Å². The molecule has 0 rings (SSSR count). The second-order valence-corrected chi connectivity index (χ2v) is 4.84. The van der Waals surface area contributed by atoms with Crippen LogP contribution in [0.3, 0.4) is 0 Å². The van der Waals surface area contributed by atoms with Crippen molar-refractivity contribution in [1.29, 1.82) is 0 Å². The summed E-state index contributed by atoms with van der Waals surface area (Å²) in [5, 5.41) is 9.47. The first-order chi connectivity index (χ1) is 5.24. The van der Waals surface area contributed by atoms with E-state index in [0.29, 0.717) is 6.42 Å². The normalized spacial score (nSPS) is 14.9. The smallest absolute Gasteiger partial charge is 0.163 e. The fourth-order valence-electron chi connectivity index (χ4n) is 1.07. The molecule has 0 aromatic heterocycles. The van der Waals surface area contributed by atoms with Crippen molar-refractivity contribution >= 4 is 5.78 Å². The summed E-state index contributed by atoms with van der Waals surface area (Å²) in [6.45, 7) is 9.68. The number of hydrogen-bond acceptors (Lipinski definition) is 2. The number of ketones is 1. The average molecular weight is 172 g/mol. The van der Waals surface area contributed by atoms with Gasteiger partial charge in [-0.1, -0.05) is 34.6 Å². The van der Waals surface area contributed by atoms with Crippen molar-refractivity contribution in [2.24, 2.45) is 11.3 Å². The Morgan fingerprint density at radius 1 is 1.33 bits per heavy atom. The van der Waals surface area contributed by atoms with Crippen molar-refractivity contribution in [2.45, 2.75) is 47.1 Å². The molecule has 0 saturated carbocycles. The summed E-state index contributed by atoms with van der Waals surface area (Å²) in [7, 11) is 0. The van der Waals surface area contributed by atoms with Crippen molar-refractivity contribution in [2.75, 3.05) is 0 Å². The van der Waals surface area contributed by atoms with Crippen LogP contribution in [0.2, 0.25) is 0 Å². The first-order valence-electron chi connectivity index (χ1n) is 4.46. The van der Waals surface area contributed by atoms with Gasteiger partial charge >= 0.3 is 0 Å². The number of aliphatic hydroxyl groups is 1. The van der Waals surface area contributed by atoms with Crippen LogP contribution in [0, 0.1) is 11.3 Å².